The van der Waals surface area contributed by atoms with E-state index in [-0.39, 0.29) is 17.5 Å². The Balaban J connectivity index is 1.49. The van der Waals surface area contributed by atoms with Gasteiger partial charge in [0.25, 0.3) is 0 Å². The lowest BCUT2D eigenvalue weighted by atomic mass is 9.36. The summed E-state index contributed by atoms with van der Waals surface area (Å²) in [5.41, 5.74) is 11.1. The van der Waals surface area contributed by atoms with Crippen molar-refractivity contribution in [3.05, 3.63) is 108 Å². The van der Waals surface area contributed by atoms with E-state index in [1.165, 1.54) is 74.6 Å². The highest BCUT2D eigenvalue weighted by Crippen LogP contribution is 2.47. The Hall–Kier alpha value is -3.34. The van der Waals surface area contributed by atoms with Crippen LogP contribution >= 0.6 is 23.5 Å². The van der Waals surface area contributed by atoms with Gasteiger partial charge in [0.2, 0.25) is 6.71 Å². The summed E-state index contributed by atoms with van der Waals surface area (Å²) in [4.78, 5) is 5.60. The van der Waals surface area contributed by atoms with Crippen LogP contribution in [0.3, 0.4) is 0 Å². The Morgan fingerprint density at radius 1 is 0.571 bits per heavy atom. The molecular formula is C38H34BNS2. The van der Waals surface area contributed by atoms with Crippen LogP contribution in [0, 0.1) is 0 Å². The van der Waals surface area contributed by atoms with Gasteiger partial charge in [-0.1, -0.05) is 137 Å². The Bertz CT molecular complexity index is 2050. The molecule has 0 unspecified atom stereocenters. The fraction of sp³-hybridized carbons (Fsp3) is 0.211. The quantitative estimate of drug-likeness (QED) is 0.179. The molecule has 6 aromatic rings. The van der Waals surface area contributed by atoms with Gasteiger partial charge in [-0.15, -0.1) is 0 Å². The molecule has 206 valence electrons. The second-order valence-electron chi connectivity index (χ2n) is 13.8. The average molecular weight is 580 g/mol. The Morgan fingerprint density at radius 2 is 1.17 bits per heavy atom. The monoisotopic (exact) mass is 579 g/mol. The molecule has 2 aliphatic heterocycles. The van der Waals surface area contributed by atoms with Gasteiger partial charge in [0.1, 0.15) is 0 Å². The van der Waals surface area contributed by atoms with Gasteiger partial charge in [0, 0.05) is 36.0 Å². The topological polar surface area (TPSA) is 4.93 Å². The van der Waals surface area contributed by atoms with Gasteiger partial charge in [0.15, 0.2) is 0 Å². The Labute approximate surface area is 257 Å². The van der Waals surface area contributed by atoms with E-state index in [0.717, 1.165) is 0 Å². The van der Waals surface area contributed by atoms with E-state index in [1.807, 2.05) is 23.5 Å². The van der Waals surface area contributed by atoms with Crippen LogP contribution in [-0.4, -0.2) is 11.3 Å². The summed E-state index contributed by atoms with van der Waals surface area (Å²) in [6.07, 6.45) is 0. The third-order valence-electron chi connectivity index (χ3n) is 9.03. The minimum Gasteiger partial charge on any atom is -0.309 e. The van der Waals surface area contributed by atoms with Crippen LogP contribution < -0.4 is 16.4 Å². The number of fused-ring (bicyclic) bond motifs is 8. The number of hydrogen-bond donors (Lipinski definition) is 0. The molecule has 3 heterocycles. The summed E-state index contributed by atoms with van der Waals surface area (Å²) in [6, 6.07) is 36.8. The Kier molecular flexibility index (Phi) is 5.69. The second-order valence-corrected chi connectivity index (χ2v) is 16.0. The molecule has 0 spiro atoms. The van der Waals surface area contributed by atoms with Gasteiger partial charge < -0.3 is 4.57 Å². The molecule has 2 aliphatic rings. The highest BCUT2D eigenvalue weighted by atomic mass is 32.2. The third kappa shape index (κ3) is 3.88. The van der Waals surface area contributed by atoms with Crippen LogP contribution in [0.1, 0.15) is 52.7 Å². The number of aromatic nitrogens is 1. The number of nitrogens with zero attached hydrogens (tertiary/aromatic N) is 1. The van der Waals surface area contributed by atoms with Crippen molar-refractivity contribution in [2.75, 3.05) is 0 Å². The largest absolute Gasteiger partial charge is 0.309 e. The van der Waals surface area contributed by atoms with Gasteiger partial charge in [-0.2, -0.15) is 0 Å². The van der Waals surface area contributed by atoms with E-state index in [0.29, 0.717) is 0 Å². The minimum absolute atomic E-state index is 0.0955. The van der Waals surface area contributed by atoms with Crippen molar-refractivity contribution in [1.29, 1.82) is 0 Å². The van der Waals surface area contributed by atoms with E-state index in [4.69, 9.17) is 0 Å². The number of benzene rings is 5. The molecular weight excluding hydrogens is 545 g/mol. The van der Waals surface area contributed by atoms with E-state index < -0.39 is 0 Å². The van der Waals surface area contributed by atoms with Gasteiger partial charge in [-0.25, -0.2) is 0 Å². The zero-order valence-corrected chi connectivity index (χ0v) is 26.7. The van der Waals surface area contributed by atoms with Crippen LogP contribution in [0.15, 0.2) is 117 Å². The molecule has 0 radical (unpaired) electrons. The molecule has 0 saturated heterocycles. The highest BCUT2D eigenvalue weighted by Gasteiger charge is 2.40. The van der Waals surface area contributed by atoms with Crippen molar-refractivity contribution in [2.45, 2.75) is 72.0 Å². The van der Waals surface area contributed by atoms with Crippen molar-refractivity contribution < 1.29 is 0 Å². The number of rotatable bonds is 1. The van der Waals surface area contributed by atoms with Gasteiger partial charge in [0.05, 0.1) is 11.0 Å². The van der Waals surface area contributed by atoms with Crippen LogP contribution in [0.5, 0.6) is 0 Å². The predicted octanol–water partition coefficient (Wildman–Crippen LogP) is 8.82. The van der Waals surface area contributed by atoms with Crippen molar-refractivity contribution in [3.63, 3.8) is 0 Å². The summed E-state index contributed by atoms with van der Waals surface area (Å²) in [5, 5.41) is 2.71. The highest BCUT2D eigenvalue weighted by molar-refractivity contribution is 8.01. The molecule has 0 bridgehead atoms. The molecule has 0 fully saturated rings. The lowest BCUT2D eigenvalue weighted by Gasteiger charge is -2.35. The molecule has 0 amide bonds. The standard InChI is InChI=1S/C38H34BNS2/c1-37(2,3)23-16-18-27-31(20-23)41-33-22-30-34(26-14-10-11-15-29(26)40(30)25-12-8-7-9-13-25)36-35(33)39(27)28-19-17-24(38(4,5)6)21-32(28)42-36/h7-22H,1-6H3. The van der Waals surface area contributed by atoms with Crippen LogP contribution in [0.4, 0.5) is 0 Å². The van der Waals surface area contributed by atoms with Crippen LogP contribution in [0.2, 0.25) is 0 Å². The van der Waals surface area contributed by atoms with E-state index in [9.17, 15) is 0 Å². The molecule has 1 aromatic heterocycles. The van der Waals surface area contributed by atoms with E-state index in [1.54, 1.807) is 0 Å². The Morgan fingerprint density at radius 3 is 1.81 bits per heavy atom. The second kappa shape index (κ2) is 9.08. The molecule has 8 rings (SSSR count). The minimum atomic E-state index is 0.0955. The van der Waals surface area contributed by atoms with Crippen molar-refractivity contribution >= 4 is 68.4 Å². The average Bonchev–Trinajstić information content (AvgIpc) is 3.30. The lowest BCUT2D eigenvalue weighted by molar-refractivity contribution is 0.589. The van der Waals surface area contributed by atoms with E-state index in [2.05, 4.69) is 143 Å². The maximum absolute atomic E-state index is 2.49. The lowest BCUT2D eigenvalue weighted by Crippen LogP contribution is -2.58. The first-order valence-electron chi connectivity index (χ1n) is 14.9. The first-order valence-corrected chi connectivity index (χ1v) is 16.5. The smallest absolute Gasteiger partial charge is 0.247 e. The molecule has 0 aliphatic carbocycles. The molecule has 42 heavy (non-hydrogen) atoms. The maximum Gasteiger partial charge on any atom is 0.247 e. The fourth-order valence-electron chi connectivity index (χ4n) is 6.76. The fourth-order valence-corrected chi connectivity index (χ4v) is 9.42. The summed E-state index contributed by atoms with van der Waals surface area (Å²) >= 11 is 3.95. The number of para-hydroxylation sites is 2. The van der Waals surface area contributed by atoms with E-state index >= 15 is 0 Å². The molecule has 5 aromatic carbocycles. The summed E-state index contributed by atoms with van der Waals surface area (Å²) in [5.74, 6) is 0. The first-order chi connectivity index (χ1) is 20.1. The number of hydrogen-bond acceptors (Lipinski definition) is 2. The maximum atomic E-state index is 2.49. The molecule has 0 saturated carbocycles. The van der Waals surface area contributed by atoms with Gasteiger partial charge >= 0.3 is 0 Å². The molecule has 0 N–H and O–H groups in total. The van der Waals surface area contributed by atoms with Gasteiger partial charge in [-0.05, 0) is 63.8 Å². The van der Waals surface area contributed by atoms with Crippen molar-refractivity contribution in [3.8, 4) is 5.69 Å². The van der Waals surface area contributed by atoms with Crippen molar-refractivity contribution in [1.82, 2.24) is 4.57 Å². The summed E-state index contributed by atoms with van der Waals surface area (Å²) < 4.78 is 2.47. The SMILES string of the molecule is CC(C)(C)c1ccc2c(c1)Sc1cc3c(c4c1B2c1ccc(C(C)(C)C)cc1S4)c1ccccc1n3-c1ccccc1. The third-order valence-corrected chi connectivity index (χ3v) is 11.4. The molecule has 0 atom stereocenters. The zero-order valence-electron chi connectivity index (χ0n) is 25.1. The van der Waals surface area contributed by atoms with Gasteiger partial charge in [-0.3, -0.25) is 0 Å². The molecule has 1 nitrogen and oxygen atoms in total. The normalized spacial score (nSPS) is 14.2. The van der Waals surface area contributed by atoms with Crippen LogP contribution in [0.25, 0.3) is 27.5 Å². The predicted molar refractivity (Wildman–Crippen MR) is 184 cm³/mol. The molecule has 4 heteroatoms. The summed E-state index contributed by atoms with van der Waals surface area (Å²) in [6.45, 7) is 14.1. The summed E-state index contributed by atoms with van der Waals surface area (Å²) in [7, 11) is 0. The first kappa shape index (κ1) is 26.3. The zero-order chi connectivity index (χ0) is 29.0. The van der Waals surface area contributed by atoms with Crippen molar-refractivity contribution in [2.24, 2.45) is 0 Å². The van der Waals surface area contributed by atoms with Crippen LogP contribution in [-0.2, 0) is 10.8 Å².